The van der Waals surface area contributed by atoms with Crippen LogP contribution >= 0.6 is 0 Å². The smallest absolute Gasteiger partial charge is 0.328 e. The quantitative estimate of drug-likeness (QED) is 0.148. The van der Waals surface area contributed by atoms with E-state index in [1.54, 1.807) is 13.8 Å². The molecule has 0 unspecified atom stereocenters. The van der Waals surface area contributed by atoms with Gasteiger partial charge in [-0.25, -0.2) is 4.79 Å². The predicted molar refractivity (Wildman–Crippen MR) is 149 cm³/mol. The van der Waals surface area contributed by atoms with Gasteiger partial charge in [-0.3, -0.25) is 9.59 Å². The zero-order chi connectivity index (χ0) is 26.9. The van der Waals surface area contributed by atoms with E-state index in [2.05, 4.69) is 78.3 Å². The molecule has 0 saturated heterocycles. The molecule has 0 atom stereocenters. The van der Waals surface area contributed by atoms with Crippen LogP contribution in [0, 0.1) is 0 Å². The third kappa shape index (κ3) is 23.7. The van der Waals surface area contributed by atoms with E-state index < -0.39 is 17.4 Å². The molecule has 6 nitrogen and oxygen atoms in total. The maximum absolute atomic E-state index is 12.1. The Morgan fingerprint density at radius 1 is 0.694 bits per heavy atom. The molecule has 0 saturated carbocycles. The summed E-state index contributed by atoms with van der Waals surface area (Å²) in [5.74, 6) is -1.81. The second kappa shape index (κ2) is 22.1. The van der Waals surface area contributed by atoms with Crippen molar-refractivity contribution in [1.82, 2.24) is 10.6 Å². The number of amides is 2. The van der Waals surface area contributed by atoms with Gasteiger partial charge in [0, 0.05) is 25.1 Å². The lowest BCUT2D eigenvalue weighted by molar-refractivity contribution is -0.131. The summed E-state index contributed by atoms with van der Waals surface area (Å²) in [6, 6.07) is 0. The lowest BCUT2D eigenvalue weighted by Gasteiger charge is -2.26. The minimum absolute atomic E-state index is 0.102. The Morgan fingerprint density at radius 2 is 1.14 bits per heavy atom. The minimum atomic E-state index is -1.19. The minimum Gasteiger partial charge on any atom is -0.478 e. The van der Waals surface area contributed by atoms with Gasteiger partial charge in [0.05, 0.1) is 5.54 Å². The summed E-state index contributed by atoms with van der Waals surface area (Å²) in [6.45, 7) is 5.93. The Labute approximate surface area is 217 Å². The Morgan fingerprint density at radius 3 is 1.58 bits per heavy atom. The second-order valence-electron chi connectivity index (χ2n) is 8.78. The molecule has 0 aliphatic rings. The summed E-state index contributed by atoms with van der Waals surface area (Å²) in [5.41, 5.74) is -0.637. The van der Waals surface area contributed by atoms with Crippen LogP contribution in [0.2, 0.25) is 0 Å². The molecule has 3 N–H and O–H groups in total. The zero-order valence-electron chi connectivity index (χ0n) is 22.1. The molecule has 0 spiro atoms. The highest BCUT2D eigenvalue weighted by atomic mass is 16.4. The molecule has 0 radical (unpaired) electrons. The van der Waals surface area contributed by atoms with Crippen molar-refractivity contribution in [3.8, 4) is 0 Å². The van der Waals surface area contributed by atoms with Crippen LogP contribution in [0.3, 0.4) is 0 Å². The van der Waals surface area contributed by atoms with E-state index in [1.165, 1.54) is 0 Å². The van der Waals surface area contributed by atoms with Crippen LogP contribution in [0.15, 0.2) is 85.1 Å². The van der Waals surface area contributed by atoms with E-state index in [1.807, 2.05) is 12.2 Å². The van der Waals surface area contributed by atoms with Crippen LogP contribution < -0.4 is 10.6 Å². The number of hydrogen-bond donors (Lipinski definition) is 3. The third-order valence-corrected chi connectivity index (χ3v) is 4.69. The molecule has 0 rings (SSSR count). The number of hydrogen-bond acceptors (Lipinski definition) is 3. The lowest BCUT2D eigenvalue weighted by atomic mass is 10.1. The Balaban J connectivity index is 3.88. The topological polar surface area (TPSA) is 95.5 Å². The average Bonchev–Trinajstić information content (AvgIpc) is 2.82. The number of carboxylic acids is 1. The lowest BCUT2D eigenvalue weighted by Crippen LogP contribution is -2.51. The molecule has 0 aliphatic carbocycles. The van der Waals surface area contributed by atoms with Crippen LogP contribution in [-0.4, -0.2) is 35.0 Å². The van der Waals surface area contributed by atoms with E-state index in [-0.39, 0.29) is 12.5 Å². The predicted octanol–water partition coefficient (Wildman–Crippen LogP) is 6.12. The summed E-state index contributed by atoms with van der Waals surface area (Å²) < 4.78 is 0. The van der Waals surface area contributed by atoms with Crippen LogP contribution in [0.4, 0.5) is 0 Å². The van der Waals surface area contributed by atoms with Gasteiger partial charge in [0.2, 0.25) is 11.8 Å². The Kier molecular flexibility index (Phi) is 20.0. The fraction of sp³-hybridized carbons (Fsp3) is 0.433. The van der Waals surface area contributed by atoms with Gasteiger partial charge in [-0.15, -0.1) is 0 Å². The Bertz CT molecular complexity index is 843. The molecule has 0 heterocycles. The molecule has 0 fully saturated rings. The van der Waals surface area contributed by atoms with Gasteiger partial charge in [0.15, 0.2) is 0 Å². The highest BCUT2D eigenvalue weighted by Crippen LogP contribution is 2.03. The van der Waals surface area contributed by atoms with Crippen molar-refractivity contribution in [2.75, 3.05) is 6.54 Å². The van der Waals surface area contributed by atoms with Crippen molar-refractivity contribution in [3.05, 3.63) is 85.1 Å². The van der Waals surface area contributed by atoms with Crippen molar-refractivity contribution in [2.45, 2.75) is 77.7 Å². The van der Waals surface area contributed by atoms with Crippen molar-refractivity contribution < 1.29 is 19.5 Å². The van der Waals surface area contributed by atoms with Gasteiger partial charge < -0.3 is 15.7 Å². The monoisotopic (exact) mass is 496 g/mol. The second-order valence-corrected chi connectivity index (χ2v) is 8.78. The van der Waals surface area contributed by atoms with Gasteiger partial charge in [0.1, 0.15) is 0 Å². The molecule has 0 aromatic heterocycles. The number of carboxylic acid groups (broad SMARTS) is 1. The van der Waals surface area contributed by atoms with Crippen molar-refractivity contribution in [1.29, 1.82) is 0 Å². The van der Waals surface area contributed by atoms with E-state index in [9.17, 15) is 14.4 Å². The number of aliphatic carboxylic acids is 1. The summed E-state index contributed by atoms with van der Waals surface area (Å²) in [6.07, 6.45) is 34.2. The molecule has 2 amide bonds. The number of nitrogens with one attached hydrogen (secondary N) is 2. The Hall–Kier alpha value is -3.41. The summed E-state index contributed by atoms with van der Waals surface area (Å²) >= 11 is 0. The van der Waals surface area contributed by atoms with E-state index in [4.69, 9.17) is 5.11 Å². The molecular weight excluding hydrogens is 452 g/mol. The molecule has 198 valence electrons. The zero-order valence-corrected chi connectivity index (χ0v) is 22.1. The first kappa shape index (κ1) is 32.6. The maximum atomic E-state index is 12.1. The molecule has 0 aromatic rings. The third-order valence-electron chi connectivity index (χ3n) is 4.69. The highest BCUT2D eigenvalue weighted by Gasteiger charge is 2.20. The van der Waals surface area contributed by atoms with Crippen molar-refractivity contribution in [3.63, 3.8) is 0 Å². The summed E-state index contributed by atoms with van der Waals surface area (Å²) in [7, 11) is 0. The van der Waals surface area contributed by atoms with Gasteiger partial charge >= 0.3 is 5.97 Å². The number of carbonyl (C=O) groups is 3. The average molecular weight is 497 g/mol. The van der Waals surface area contributed by atoms with E-state index in [0.29, 0.717) is 12.8 Å². The van der Waals surface area contributed by atoms with Gasteiger partial charge in [-0.1, -0.05) is 79.8 Å². The van der Waals surface area contributed by atoms with Gasteiger partial charge in [0.25, 0.3) is 0 Å². The number of allylic oxidation sites excluding steroid dienone is 12. The molecule has 0 bridgehead atoms. The largest absolute Gasteiger partial charge is 0.478 e. The van der Waals surface area contributed by atoms with Gasteiger partial charge in [-0.05, 0) is 58.8 Å². The summed E-state index contributed by atoms with van der Waals surface area (Å²) in [5, 5.41) is 14.0. The standard InChI is InChI=1S/C30H44N2O4/c1-4-5-6-7-8-9-10-11-12-13-14-15-16-17-18-19-20-21-22-23-28(34)32-30(2,3)26-31-27(33)24-25-29(35)36/h5-6,8-9,11-12,14-15,17-18,20-21,24-25H,4,7,10,13,16,19,22-23,26H2,1-3H3,(H,31,33)(H,32,34)(H,35,36). The first-order chi connectivity index (χ1) is 17.3. The fourth-order valence-electron chi connectivity index (χ4n) is 2.85. The molecule has 0 aromatic carbocycles. The van der Waals surface area contributed by atoms with Crippen LogP contribution in [-0.2, 0) is 14.4 Å². The number of carbonyl (C=O) groups excluding carboxylic acids is 2. The molecule has 36 heavy (non-hydrogen) atoms. The van der Waals surface area contributed by atoms with Crippen LogP contribution in [0.25, 0.3) is 0 Å². The normalized spacial score (nSPS) is 13.0. The van der Waals surface area contributed by atoms with Crippen molar-refractivity contribution >= 4 is 17.8 Å². The molecule has 0 aliphatic heterocycles. The van der Waals surface area contributed by atoms with Crippen LogP contribution in [0.1, 0.15) is 72.1 Å². The maximum Gasteiger partial charge on any atom is 0.328 e. The first-order valence-corrected chi connectivity index (χ1v) is 12.7. The fourth-order valence-corrected chi connectivity index (χ4v) is 2.85. The van der Waals surface area contributed by atoms with Gasteiger partial charge in [-0.2, -0.15) is 0 Å². The van der Waals surface area contributed by atoms with E-state index >= 15 is 0 Å². The van der Waals surface area contributed by atoms with Crippen LogP contribution in [0.5, 0.6) is 0 Å². The van der Waals surface area contributed by atoms with Crippen molar-refractivity contribution in [2.24, 2.45) is 0 Å². The van der Waals surface area contributed by atoms with E-state index in [0.717, 1.165) is 50.7 Å². The highest BCUT2D eigenvalue weighted by molar-refractivity contribution is 5.93. The molecule has 6 heteroatoms. The SMILES string of the molecule is CCC=CCC=CCC=CCC=CCC=CCC=CCCC(=O)NC(C)(C)CNC(=O)C=CC(=O)O. The first-order valence-electron chi connectivity index (χ1n) is 12.7. The molecular formula is C30H44N2O4. The summed E-state index contributed by atoms with van der Waals surface area (Å²) in [4.78, 5) is 34.1. The number of rotatable bonds is 19.